The number of aromatic hydroxyl groups is 1. The smallest absolute Gasteiger partial charge is 0.339 e. The van der Waals surface area contributed by atoms with Crippen molar-refractivity contribution >= 4 is 32.8 Å². The highest BCUT2D eigenvalue weighted by Gasteiger charge is 2.17. The molecule has 0 aliphatic rings. The zero-order valence-corrected chi connectivity index (χ0v) is 13.3. The molecule has 0 fully saturated rings. The molecule has 0 saturated heterocycles. The number of pyridine rings is 1. The van der Waals surface area contributed by atoms with Gasteiger partial charge in [0.15, 0.2) is 5.75 Å². The third-order valence-electron chi connectivity index (χ3n) is 3.50. The minimum Gasteiger partial charge on any atom is -0.505 e. The predicted molar refractivity (Wildman–Crippen MR) is 87.3 cm³/mol. The molecule has 0 spiro atoms. The second-order valence-electron chi connectivity index (χ2n) is 5.10. The number of carboxylic acid groups (broad SMARTS) is 1. The molecule has 1 heterocycles. The van der Waals surface area contributed by atoms with Crippen molar-refractivity contribution in [2.45, 2.75) is 6.42 Å². The maximum absolute atomic E-state index is 12.9. The van der Waals surface area contributed by atoms with Crippen molar-refractivity contribution in [1.29, 1.82) is 0 Å². The van der Waals surface area contributed by atoms with Gasteiger partial charge in [-0.1, -0.05) is 28.1 Å². The molecule has 0 aliphatic carbocycles. The van der Waals surface area contributed by atoms with Crippen LogP contribution in [0.4, 0.5) is 4.39 Å². The van der Waals surface area contributed by atoms with Gasteiger partial charge >= 0.3 is 5.97 Å². The van der Waals surface area contributed by atoms with Crippen molar-refractivity contribution in [3.63, 3.8) is 0 Å². The van der Waals surface area contributed by atoms with Crippen LogP contribution in [0, 0.1) is 5.82 Å². The number of benzene rings is 2. The summed E-state index contributed by atoms with van der Waals surface area (Å²) in [6.07, 6.45) is 2.13. The number of aromatic nitrogens is 1. The van der Waals surface area contributed by atoms with Crippen LogP contribution in [0.1, 0.15) is 21.5 Å². The molecule has 116 valence electrons. The van der Waals surface area contributed by atoms with Crippen molar-refractivity contribution in [3.05, 3.63) is 69.6 Å². The molecule has 0 amide bonds. The maximum Gasteiger partial charge on any atom is 0.339 e. The highest BCUT2D eigenvalue weighted by Crippen LogP contribution is 2.34. The second kappa shape index (κ2) is 5.96. The van der Waals surface area contributed by atoms with E-state index in [4.69, 9.17) is 5.11 Å². The lowest BCUT2D eigenvalue weighted by Gasteiger charge is -2.09. The van der Waals surface area contributed by atoms with E-state index >= 15 is 0 Å². The van der Waals surface area contributed by atoms with E-state index in [1.165, 1.54) is 18.2 Å². The molecule has 2 aromatic carbocycles. The summed E-state index contributed by atoms with van der Waals surface area (Å²) in [5.41, 5.74) is 1.81. The summed E-state index contributed by atoms with van der Waals surface area (Å²) in [7, 11) is 0. The Morgan fingerprint density at radius 1 is 1.17 bits per heavy atom. The van der Waals surface area contributed by atoms with Crippen LogP contribution >= 0.6 is 15.9 Å². The fraction of sp³-hybridized carbons (Fsp3) is 0.0588. The summed E-state index contributed by atoms with van der Waals surface area (Å²) in [6.45, 7) is 0. The Kier molecular flexibility index (Phi) is 4.00. The number of aromatic carboxylic acids is 1. The average Bonchev–Trinajstić information content (AvgIpc) is 2.53. The standard InChI is InChI=1S/C17H11BrFNO3/c18-14-7-13(17(22)23)16(21)15-12(14)6-10(8-20-15)5-9-1-3-11(19)4-2-9/h1-4,6-8,21H,5H2,(H,22,23). The van der Waals surface area contributed by atoms with Crippen molar-refractivity contribution in [1.82, 2.24) is 4.98 Å². The summed E-state index contributed by atoms with van der Waals surface area (Å²) in [4.78, 5) is 15.3. The highest BCUT2D eigenvalue weighted by atomic mass is 79.9. The van der Waals surface area contributed by atoms with Crippen molar-refractivity contribution in [3.8, 4) is 5.75 Å². The normalized spacial score (nSPS) is 10.9. The van der Waals surface area contributed by atoms with Crippen LogP contribution in [-0.2, 0) is 6.42 Å². The molecule has 1 aromatic heterocycles. The lowest BCUT2D eigenvalue weighted by atomic mass is 10.0. The van der Waals surface area contributed by atoms with E-state index in [-0.39, 0.29) is 22.6 Å². The minimum absolute atomic E-state index is 0.205. The van der Waals surface area contributed by atoms with Crippen LogP contribution in [0.2, 0.25) is 0 Å². The van der Waals surface area contributed by atoms with Gasteiger partial charge in [-0.25, -0.2) is 9.18 Å². The second-order valence-corrected chi connectivity index (χ2v) is 5.96. The van der Waals surface area contributed by atoms with E-state index in [0.717, 1.165) is 11.1 Å². The molecule has 0 radical (unpaired) electrons. The maximum atomic E-state index is 12.9. The van der Waals surface area contributed by atoms with Crippen LogP contribution in [0.5, 0.6) is 5.75 Å². The van der Waals surface area contributed by atoms with Gasteiger partial charge in [-0.15, -0.1) is 0 Å². The third-order valence-corrected chi connectivity index (χ3v) is 4.16. The van der Waals surface area contributed by atoms with Crippen molar-refractivity contribution < 1.29 is 19.4 Å². The first-order chi connectivity index (χ1) is 11.0. The minimum atomic E-state index is -1.22. The summed E-state index contributed by atoms with van der Waals surface area (Å²) < 4.78 is 13.5. The van der Waals surface area contributed by atoms with Crippen LogP contribution in [0.3, 0.4) is 0 Å². The fourth-order valence-corrected chi connectivity index (χ4v) is 2.91. The monoisotopic (exact) mass is 375 g/mol. The molecule has 2 N–H and O–H groups in total. The molecular weight excluding hydrogens is 365 g/mol. The average molecular weight is 376 g/mol. The van der Waals surface area contributed by atoms with Gasteiger partial charge < -0.3 is 10.2 Å². The van der Waals surface area contributed by atoms with Crippen molar-refractivity contribution in [2.75, 3.05) is 0 Å². The number of hydrogen-bond donors (Lipinski definition) is 2. The number of halogens is 2. The zero-order valence-electron chi connectivity index (χ0n) is 11.8. The Morgan fingerprint density at radius 2 is 1.87 bits per heavy atom. The van der Waals surface area contributed by atoms with E-state index in [1.807, 2.05) is 6.07 Å². The molecule has 0 atom stereocenters. The van der Waals surface area contributed by atoms with E-state index in [0.29, 0.717) is 16.3 Å². The van der Waals surface area contributed by atoms with Gasteiger partial charge in [-0.2, -0.15) is 0 Å². The Balaban J connectivity index is 2.05. The molecule has 0 bridgehead atoms. The summed E-state index contributed by atoms with van der Waals surface area (Å²) in [6, 6.07) is 9.35. The summed E-state index contributed by atoms with van der Waals surface area (Å²) in [5, 5.41) is 19.7. The molecule has 6 heteroatoms. The fourth-order valence-electron chi connectivity index (χ4n) is 2.38. The van der Waals surface area contributed by atoms with E-state index < -0.39 is 5.97 Å². The Bertz CT molecular complexity index is 910. The number of phenols is 1. The SMILES string of the molecule is O=C(O)c1cc(Br)c2cc(Cc3ccc(F)cc3)cnc2c1O. The lowest BCUT2D eigenvalue weighted by molar-refractivity contribution is 0.0694. The molecule has 0 unspecified atom stereocenters. The molecular formula is C17H11BrFNO3. The third kappa shape index (κ3) is 3.03. The van der Waals surface area contributed by atoms with Gasteiger partial charge in [0, 0.05) is 16.1 Å². The number of hydrogen-bond acceptors (Lipinski definition) is 3. The number of nitrogens with zero attached hydrogens (tertiary/aromatic N) is 1. The van der Waals surface area contributed by atoms with Gasteiger partial charge in [-0.3, -0.25) is 4.98 Å². The Hall–Kier alpha value is -2.47. The van der Waals surface area contributed by atoms with Crippen molar-refractivity contribution in [2.24, 2.45) is 0 Å². The molecule has 23 heavy (non-hydrogen) atoms. The predicted octanol–water partition coefficient (Wildman–Crippen LogP) is 4.13. The summed E-state index contributed by atoms with van der Waals surface area (Å²) >= 11 is 3.32. The van der Waals surface area contributed by atoms with Gasteiger partial charge in [0.05, 0.1) is 0 Å². The topological polar surface area (TPSA) is 70.4 Å². The van der Waals surface area contributed by atoms with Gasteiger partial charge in [0.25, 0.3) is 0 Å². The van der Waals surface area contributed by atoms with Crippen LogP contribution in [0.15, 0.2) is 47.1 Å². The molecule has 3 aromatic rings. The molecule has 3 rings (SSSR count). The first-order valence-electron chi connectivity index (χ1n) is 6.73. The van der Waals surface area contributed by atoms with E-state index in [2.05, 4.69) is 20.9 Å². The lowest BCUT2D eigenvalue weighted by Crippen LogP contribution is -1.99. The Labute approximate surface area is 139 Å². The van der Waals surface area contributed by atoms with Crippen LogP contribution in [-0.4, -0.2) is 21.2 Å². The molecule has 0 aliphatic heterocycles. The van der Waals surface area contributed by atoms with Gasteiger partial charge in [-0.05, 0) is 41.8 Å². The van der Waals surface area contributed by atoms with Crippen LogP contribution < -0.4 is 0 Å². The molecule has 4 nitrogen and oxygen atoms in total. The highest BCUT2D eigenvalue weighted by molar-refractivity contribution is 9.10. The quantitative estimate of drug-likeness (QED) is 0.721. The largest absolute Gasteiger partial charge is 0.505 e. The summed E-state index contributed by atoms with van der Waals surface area (Å²) in [5.74, 6) is -1.87. The first-order valence-corrected chi connectivity index (χ1v) is 7.53. The van der Waals surface area contributed by atoms with Gasteiger partial charge in [0.1, 0.15) is 16.9 Å². The number of carboxylic acids is 1. The number of carbonyl (C=O) groups is 1. The Morgan fingerprint density at radius 3 is 2.52 bits per heavy atom. The first kappa shape index (κ1) is 15.4. The van der Waals surface area contributed by atoms with E-state index in [9.17, 15) is 14.3 Å². The molecule has 0 saturated carbocycles. The van der Waals surface area contributed by atoms with E-state index in [1.54, 1.807) is 18.3 Å². The number of fused-ring (bicyclic) bond motifs is 1. The zero-order chi connectivity index (χ0) is 16.6. The van der Waals surface area contributed by atoms with Gasteiger partial charge in [0.2, 0.25) is 0 Å². The number of rotatable bonds is 3. The van der Waals surface area contributed by atoms with Crippen LogP contribution in [0.25, 0.3) is 10.9 Å².